The van der Waals surface area contributed by atoms with Crippen LogP contribution in [0.2, 0.25) is 0 Å². The van der Waals surface area contributed by atoms with Crippen molar-refractivity contribution in [1.82, 2.24) is 5.32 Å². The van der Waals surface area contributed by atoms with Gasteiger partial charge in [0.25, 0.3) is 0 Å². The highest BCUT2D eigenvalue weighted by atomic mass is 16.5. The molecule has 3 rings (SSSR count). The molecule has 0 aliphatic rings. The van der Waals surface area contributed by atoms with Crippen molar-refractivity contribution in [2.45, 2.75) is 39.0 Å². The van der Waals surface area contributed by atoms with E-state index in [1.165, 1.54) is 5.56 Å². The average molecular weight is 436 g/mol. The Hall–Kier alpha value is -3.02. The molecule has 170 valence electrons. The molecule has 0 spiro atoms. The van der Waals surface area contributed by atoms with Crippen molar-refractivity contribution in [3.63, 3.8) is 0 Å². The van der Waals surface area contributed by atoms with Crippen LogP contribution in [-0.4, -0.2) is 37.0 Å². The Labute approximate surface area is 191 Å². The van der Waals surface area contributed by atoms with Gasteiger partial charge in [0.1, 0.15) is 25.1 Å². The fraction of sp³-hybridized carbons (Fsp3) is 0.333. The van der Waals surface area contributed by atoms with Gasteiger partial charge in [0.05, 0.1) is 6.61 Å². The summed E-state index contributed by atoms with van der Waals surface area (Å²) in [6.07, 6.45) is 0.206. The predicted molar refractivity (Wildman–Crippen MR) is 127 cm³/mol. The molecule has 0 heterocycles. The fourth-order valence-corrected chi connectivity index (χ4v) is 3.09. The standard InChI is InChI=1S/C27H33NO4/c1-21(2)28-18-24(29)20-31-25-13-14-26(32-19-23-11-7-4-8-12-23)27(17-25)30-16-15-22-9-5-3-6-10-22/h3-14,17,21,24,28-29H,15-16,18-20H2,1-2H3. The maximum absolute atomic E-state index is 10.1. The van der Waals surface area contributed by atoms with Gasteiger partial charge in [-0.15, -0.1) is 0 Å². The smallest absolute Gasteiger partial charge is 0.164 e. The quantitative estimate of drug-likeness (QED) is 0.410. The van der Waals surface area contributed by atoms with Crippen molar-refractivity contribution in [3.8, 4) is 17.2 Å². The first-order chi connectivity index (χ1) is 15.6. The third-order valence-electron chi connectivity index (χ3n) is 4.85. The zero-order valence-electron chi connectivity index (χ0n) is 18.9. The van der Waals surface area contributed by atoms with Gasteiger partial charge in [0.15, 0.2) is 11.5 Å². The summed E-state index contributed by atoms with van der Waals surface area (Å²) in [4.78, 5) is 0. The monoisotopic (exact) mass is 435 g/mol. The maximum atomic E-state index is 10.1. The van der Waals surface area contributed by atoms with Crippen LogP contribution in [0.25, 0.3) is 0 Å². The lowest BCUT2D eigenvalue weighted by Crippen LogP contribution is -2.35. The molecule has 0 aliphatic carbocycles. The normalized spacial score (nSPS) is 11.9. The molecule has 0 saturated carbocycles. The first kappa shape index (κ1) is 23.6. The van der Waals surface area contributed by atoms with E-state index in [1.54, 1.807) is 0 Å². The summed E-state index contributed by atoms with van der Waals surface area (Å²) in [6, 6.07) is 26.1. The van der Waals surface area contributed by atoms with Crippen molar-refractivity contribution in [2.75, 3.05) is 19.8 Å². The van der Waals surface area contributed by atoms with Gasteiger partial charge in [-0.1, -0.05) is 74.5 Å². The number of aliphatic hydroxyl groups excluding tert-OH is 1. The first-order valence-electron chi connectivity index (χ1n) is 11.1. The SMILES string of the molecule is CC(C)NCC(O)COc1ccc(OCc2ccccc2)c(OCCc2ccccc2)c1. The Morgan fingerprint density at radius 3 is 2.16 bits per heavy atom. The van der Waals surface area contributed by atoms with Gasteiger partial charge >= 0.3 is 0 Å². The van der Waals surface area contributed by atoms with Crippen molar-refractivity contribution in [3.05, 3.63) is 90.0 Å². The van der Waals surface area contributed by atoms with Crippen LogP contribution in [0.1, 0.15) is 25.0 Å². The number of benzene rings is 3. The predicted octanol–water partition coefficient (Wildman–Crippen LogP) is 4.62. The van der Waals surface area contributed by atoms with Crippen molar-refractivity contribution in [2.24, 2.45) is 0 Å². The summed E-state index contributed by atoms with van der Waals surface area (Å²) < 4.78 is 17.9. The Morgan fingerprint density at radius 1 is 0.781 bits per heavy atom. The van der Waals surface area contributed by atoms with Gasteiger partial charge in [-0.2, -0.15) is 0 Å². The molecular formula is C27H33NO4. The van der Waals surface area contributed by atoms with Crippen molar-refractivity contribution < 1.29 is 19.3 Å². The molecule has 1 unspecified atom stereocenters. The van der Waals surface area contributed by atoms with E-state index >= 15 is 0 Å². The summed E-state index contributed by atoms with van der Waals surface area (Å²) >= 11 is 0. The molecule has 0 saturated heterocycles. The van der Waals surface area contributed by atoms with Crippen LogP contribution in [0.3, 0.4) is 0 Å². The molecule has 0 aliphatic heterocycles. The number of nitrogens with one attached hydrogen (secondary N) is 1. The second kappa shape index (κ2) is 12.7. The highest BCUT2D eigenvalue weighted by molar-refractivity contribution is 5.45. The minimum Gasteiger partial charge on any atom is -0.491 e. The maximum Gasteiger partial charge on any atom is 0.164 e. The molecule has 1 atom stereocenters. The molecule has 32 heavy (non-hydrogen) atoms. The van der Waals surface area contributed by atoms with Crippen LogP contribution in [0.15, 0.2) is 78.9 Å². The van der Waals surface area contributed by atoms with Crippen LogP contribution in [-0.2, 0) is 13.0 Å². The van der Waals surface area contributed by atoms with Crippen LogP contribution in [0.4, 0.5) is 0 Å². The largest absolute Gasteiger partial charge is 0.491 e. The summed E-state index contributed by atoms with van der Waals surface area (Å²) in [5, 5.41) is 13.3. The third kappa shape index (κ3) is 8.25. The summed E-state index contributed by atoms with van der Waals surface area (Å²) in [7, 11) is 0. The molecule has 3 aromatic rings. The van der Waals surface area contributed by atoms with Gasteiger partial charge in [0, 0.05) is 25.1 Å². The lowest BCUT2D eigenvalue weighted by atomic mass is 10.2. The lowest BCUT2D eigenvalue weighted by Gasteiger charge is -2.17. The van der Waals surface area contributed by atoms with Crippen molar-refractivity contribution in [1.29, 1.82) is 0 Å². The van der Waals surface area contributed by atoms with E-state index in [4.69, 9.17) is 14.2 Å². The van der Waals surface area contributed by atoms with Crippen LogP contribution >= 0.6 is 0 Å². The number of aliphatic hydroxyl groups is 1. The second-order valence-corrected chi connectivity index (χ2v) is 7.99. The molecule has 0 aromatic heterocycles. The molecule has 2 N–H and O–H groups in total. The summed E-state index contributed by atoms with van der Waals surface area (Å²) in [5.74, 6) is 1.93. The average Bonchev–Trinajstić information content (AvgIpc) is 2.82. The zero-order chi connectivity index (χ0) is 22.6. The number of ether oxygens (including phenoxy) is 3. The van der Waals surface area contributed by atoms with Crippen LogP contribution in [0.5, 0.6) is 17.2 Å². The molecule has 0 bridgehead atoms. The number of hydrogen-bond donors (Lipinski definition) is 2. The third-order valence-corrected chi connectivity index (χ3v) is 4.85. The van der Waals surface area contributed by atoms with Gasteiger partial charge < -0.3 is 24.6 Å². The molecule has 5 heteroatoms. The second-order valence-electron chi connectivity index (χ2n) is 7.99. The van der Waals surface area contributed by atoms with Crippen LogP contribution < -0.4 is 19.5 Å². The Bertz CT molecular complexity index is 915. The topological polar surface area (TPSA) is 60.0 Å². The van der Waals surface area contributed by atoms with Gasteiger partial charge in [-0.3, -0.25) is 0 Å². The lowest BCUT2D eigenvalue weighted by molar-refractivity contribution is 0.104. The van der Waals surface area contributed by atoms with Gasteiger partial charge in [-0.05, 0) is 23.3 Å². The minimum absolute atomic E-state index is 0.202. The molecular weight excluding hydrogens is 402 g/mol. The van der Waals surface area contributed by atoms with E-state index in [0.29, 0.717) is 43.0 Å². The molecule has 3 aromatic carbocycles. The highest BCUT2D eigenvalue weighted by Crippen LogP contribution is 2.32. The number of rotatable bonds is 13. The summed E-state index contributed by atoms with van der Waals surface area (Å²) in [5.41, 5.74) is 2.30. The van der Waals surface area contributed by atoms with E-state index in [2.05, 4.69) is 17.4 Å². The Morgan fingerprint density at radius 2 is 1.47 bits per heavy atom. The van der Waals surface area contributed by atoms with E-state index in [0.717, 1.165) is 12.0 Å². The molecule has 0 fully saturated rings. The van der Waals surface area contributed by atoms with Crippen LogP contribution in [0, 0.1) is 0 Å². The summed E-state index contributed by atoms with van der Waals surface area (Å²) in [6.45, 7) is 5.75. The number of hydrogen-bond acceptors (Lipinski definition) is 5. The van der Waals surface area contributed by atoms with E-state index in [9.17, 15) is 5.11 Å². The zero-order valence-corrected chi connectivity index (χ0v) is 18.9. The van der Waals surface area contributed by atoms with Gasteiger partial charge in [0.2, 0.25) is 0 Å². The fourth-order valence-electron chi connectivity index (χ4n) is 3.09. The van der Waals surface area contributed by atoms with Crippen molar-refractivity contribution >= 4 is 0 Å². The Kier molecular flexibility index (Phi) is 9.41. The first-order valence-corrected chi connectivity index (χ1v) is 11.1. The Balaban J connectivity index is 1.63. The van der Waals surface area contributed by atoms with Gasteiger partial charge in [-0.25, -0.2) is 0 Å². The van der Waals surface area contributed by atoms with E-state index < -0.39 is 6.10 Å². The minimum atomic E-state index is -0.589. The van der Waals surface area contributed by atoms with E-state index in [1.807, 2.05) is 80.6 Å². The molecule has 0 amide bonds. The highest BCUT2D eigenvalue weighted by Gasteiger charge is 2.11. The molecule has 5 nitrogen and oxygen atoms in total. The van der Waals surface area contributed by atoms with E-state index in [-0.39, 0.29) is 6.61 Å². The molecule has 0 radical (unpaired) electrons.